The van der Waals surface area contributed by atoms with Gasteiger partial charge >= 0.3 is 0 Å². The third kappa shape index (κ3) is 6.49. The number of rotatable bonds is 8. The van der Waals surface area contributed by atoms with Crippen molar-refractivity contribution >= 4 is 15.5 Å². The van der Waals surface area contributed by atoms with Crippen molar-refractivity contribution in [1.29, 1.82) is 0 Å². The van der Waals surface area contributed by atoms with E-state index in [9.17, 15) is 8.42 Å². The number of ether oxygens (including phenoxy) is 1. The molecule has 0 atom stereocenters. The average molecular weight is 271 g/mol. The second-order valence-electron chi connectivity index (χ2n) is 4.29. The van der Waals surface area contributed by atoms with E-state index >= 15 is 0 Å². The van der Waals surface area contributed by atoms with Crippen molar-refractivity contribution in [3.8, 4) is 5.75 Å². The minimum Gasteiger partial charge on any atom is -0.494 e. The number of sulfone groups is 1. The van der Waals surface area contributed by atoms with E-state index in [4.69, 9.17) is 4.74 Å². The molecule has 4 nitrogen and oxygen atoms in total. The van der Waals surface area contributed by atoms with Crippen LogP contribution in [0.4, 0.5) is 5.69 Å². The zero-order valence-corrected chi connectivity index (χ0v) is 11.8. The highest BCUT2D eigenvalue weighted by Gasteiger charge is 2.01. The Balaban J connectivity index is 2.38. The van der Waals surface area contributed by atoms with Crippen molar-refractivity contribution in [2.24, 2.45) is 0 Å². The standard InChI is InChI=1S/C13H21NO3S/c1-3-9-17-13-7-4-6-12(11-13)14-8-5-10-18(2,15)16/h4,6-7,11,14H,3,5,8-10H2,1-2H3. The zero-order chi connectivity index (χ0) is 13.4. The van der Waals surface area contributed by atoms with Crippen LogP contribution in [0.3, 0.4) is 0 Å². The van der Waals surface area contributed by atoms with Crippen molar-refractivity contribution in [2.45, 2.75) is 19.8 Å². The predicted molar refractivity (Wildman–Crippen MR) is 75.0 cm³/mol. The van der Waals surface area contributed by atoms with Gasteiger partial charge < -0.3 is 10.1 Å². The van der Waals surface area contributed by atoms with E-state index in [1.165, 1.54) is 6.26 Å². The number of nitrogens with one attached hydrogen (secondary N) is 1. The Labute approximate surface area is 109 Å². The largest absolute Gasteiger partial charge is 0.494 e. The molecular weight excluding hydrogens is 250 g/mol. The minimum atomic E-state index is -2.86. The van der Waals surface area contributed by atoms with Gasteiger partial charge in [0.2, 0.25) is 0 Å². The topological polar surface area (TPSA) is 55.4 Å². The molecule has 1 aromatic carbocycles. The summed E-state index contributed by atoms with van der Waals surface area (Å²) < 4.78 is 27.5. The Hall–Kier alpha value is -1.23. The van der Waals surface area contributed by atoms with E-state index in [2.05, 4.69) is 12.2 Å². The molecule has 0 fully saturated rings. The van der Waals surface area contributed by atoms with Gasteiger partial charge in [0.1, 0.15) is 15.6 Å². The van der Waals surface area contributed by atoms with Crippen LogP contribution in [-0.4, -0.2) is 33.6 Å². The summed E-state index contributed by atoms with van der Waals surface area (Å²) in [7, 11) is -2.86. The molecule has 0 heterocycles. The maximum Gasteiger partial charge on any atom is 0.147 e. The fourth-order valence-electron chi connectivity index (χ4n) is 1.48. The molecule has 0 radical (unpaired) electrons. The number of benzene rings is 1. The van der Waals surface area contributed by atoms with Gasteiger partial charge in [0.05, 0.1) is 12.4 Å². The average Bonchev–Trinajstić information content (AvgIpc) is 2.31. The Bertz CT molecular complexity index is 457. The Morgan fingerprint density at radius 1 is 1.33 bits per heavy atom. The van der Waals surface area contributed by atoms with Crippen LogP contribution in [-0.2, 0) is 9.84 Å². The van der Waals surface area contributed by atoms with Gasteiger partial charge in [-0.15, -0.1) is 0 Å². The van der Waals surface area contributed by atoms with Gasteiger partial charge in [-0.25, -0.2) is 8.42 Å². The van der Waals surface area contributed by atoms with Crippen LogP contribution in [0.1, 0.15) is 19.8 Å². The van der Waals surface area contributed by atoms with Gasteiger partial charge in [-0.3, -0.25) is 0 Å². The smallest absolute Gasteiger partial charge is 0.147 e. The van der Waals surface area contributed by atoms with Crippen LogP contribution in [0, 0.1) is 0 Å². The molecule has 5 heteroatoms. The first-order chi connectivity index (χ1) is 8.51. The van der Waals surface area contributed by atoms with E-state index in [-0.39, 0.29) is 5.75 Å². The Morgan fingerprint density at radius 3 is 2.78 bits per heavy atom. The van der Waals surface area contributed by atoms with E-state index in [1.54, 1.807) is 0 Å². The van der Waals surface area contributed by atoms with Gasteiger partial charge in [-0.05, 0) is 25.0 Å². The molecule has 0 aliphatic rings. The molecule has 0 aromatic heterocycles. The Kier molecular flexibility index (Phi) is 5.98. The summed E-state index contributed by atoms with van der Waals surface area (Å²) in [6.07, 6.45) is 2.84. The van der Waals surface area contributed by atoms with Crippen LogP contribution in [0.25, 0.3) is 0 Å². The monoisotopic (exact) mass is 271 g/mol. The molecule has 102 valence electrons. The molecule has 0 saturated carbocycles. The molecule has 0 amide bonds. The van der Waals surface area contributed by atoms with Gasteiger partial charge in [-0.2, -0.15) is 0 Å². The van der Waals surface area contributed by atoms with E-state index < -0.39 is 9.84 Å². The molecule has 1 rings (SSSR count). The predicted octanol–water partition coefficient (Wildman–Crippen LogP) is 2.32. The molecule has 0 spiro atoms. The molecule has 0 aliphatic carbocycles. The zero-order valence-electron chi connectivity index (χ0n) is 11.0. The fraction of sp³-hybridized carbons (Fsp3) is 0.538. The van der Waals surface area contributed by atoms with Crippen molar-refractivity contribution in [3.05, 3.63) is 24.3 Å². The van der Waals surface area contributed by atoms with Crippen molar-refractivity contribution < 1.29 is 13.2 Å². The van der Waals surface area contributed by atoms with E-state index in [0.29, 0.717) is 19.6 Å². The summed E-state index contributed by atoms with van der Waals surface area (Å²) >= 11 is 0. The summed E-state index contributed by atoms with van der Waals surface area (Å²) in [5, 5.41) is 3.19. The lowest BCUT2D eigenvalue weighted by Crippen LogP contribution is -2.09. The highest BCUT2D eigenvalue weighted by atomic mass is 32.2. The quantitative estimate of drug-likeness (QED) is 0.737. The first-order valence-corrected chi connectivity index (χ1v) is 8.22. The molecular formula is C13H21NO3S. The summed E-state index contributed by atoms with van der Waals surface area (Å²) in [6.45, 7) is 3.41. The molecule has 1 N–H and O–H groups in total. The number of anilines is 1. The first-order valence-electron chi connectivity index (χ1n) is 6.16. The summed E-state index contributed by atoms with van der Waals surface area (Å²) in [6, 6.07) is 7.70. The number of hydrogen-bond acceptors (Lipinski definition) is 4. The molecule has 0 aliphatic heterocycles. The molecule has 0 saturated heterocycles. The van der Waals surface area contributed by atoms with Gasteiger partial charge in [0, 0.05) is 24.6 Å². The van der Waals surface area contributed by atoms with Crippen LogP contribution < -0.4 is 10.1 Å². The summed E-state index contributed by atoms with van der Waals surface area (Å²) in [5.74, 6) is 1.05. The van der Waals surface area contributed by atoms with Crippen molar-refractivity contribution in [1.82, 2.24) is 0 Å². The number of hydrogen-bond donors (Lipinski definition) is 1. The highest BCUT2D eigenvalue weighted by Crippen LogP contribution is 2.17. The summed E-state index contributed by atoms with van der Waals surface area (Å²) in [4.78, 5) is 0. The lowest BCUT2D eigenvalue weighted by molar-refractivity contribution is 0.317. The second kappa shape index (κ2) is 7.26. The first kappa shape index (κ1) is 14.8. The highest BCUT2D eigenvalue weighted by molar-refractivity contribution is 7.90. The lowest BCUT2D eigenvalue weighted by atomic mass is 10.3. The molecule has 1 aromatic rings. The van der Waals surface area contributed by atoms with E-state index in [1.807, 2.05) is 24.3 Å². The molecule has 18 heavy (non-hydrogen) atoms. The van der Waals surface area contributed by atoms with Gasteiger partial charge in [0.25, 0.3) is 0 Å². The van der Waals surface area contributed by atoms with Gasteiger partial charge in [-0.1, -0.05) is 13.0 Å². The third-order valence-electron chi connectivity index (χ3n) is 2.33. The maximum atomic E-state index is 11.0. The Morgan fingerprint density at radius 2 is 2.11 bits per heavy atom. The van der Waals surface area contributed by atoms with Crippen LogP contribution >= 0.6 is 0 Å². The second-order valence-corrected chi connectivity index (χ2v) is 6.55. The summed E-state index contributed by atoms with van der Waals surface area (Å²) in [5.41, 5.74) is 0.956. The molecule has 0 unspecified atom stereocenters. The van der Waals surface area contributed by atoms with Crippen LogP contribution in [0.5, 0.6) is 5.75 Å². The SMILES string of the molecule is CCCOc1cccc(NCCCS(C)(=O)=O)c1. The van der Waals surface area contributed by atoms with Crippen LogP contribution in [0.15, 0.2) is 24.3 Å². The minimum absolute atomic E-state index is 0.214. The van der Waals surface area contributed by atoms with Crippen molar-refractivity contribution in [2.75, 3.05) is 30.5 Å². The van der Waals surface area contributed by atoms with E-state index in [0.717, 1.165) is 17.9 Å². The van der Waals surface area contributed by atoms with Crippen molar-refractivity contribution in [3.63, 3.8) is 0 Å². The lowest BCUT2D eigenvalue weighted by Gasteiger charge is -2.09. The maximum absolute atomic E-state index is 11.0. The third-order valence-corrected chi connectivity index (χ3v) is 3.36. The fourth-order valence-corrected chi connectivity index (χ4v) is 2.15. The molecule has 0 bridgehead atoms. The van der Waals surface area contributed by atoms with Gasteiger partial charge in [0.15, 0.2) is 0 Å². The normalized spacial score (nSPS) is 11.2. The van der Waals surface area contributed by atoms with Crippen LogP contribution in [0.2, 0.25) is 0 Å².